The third-order valence-electron chi connectivity index (χ3n) is 12.9. The van der Waals surface area contributed by atoms with Crippen molar-refractivity contribution in [1.29, 1.82) is 0 Å². The number of nitrogens with zero attached hydrogens (tertiary/aromatic N) is 2. The predicted molar refractivity (Wildman–Crippen MR) is 211 cm³/mol. The van der Waals surface area contributed by atoms with Crippen molar-refractivity contribution in [3.8, 4) is 11.6 Å². The number of aromatic nitrogens is 1. The van der Waals surface area contributed by atoms with Crippen molar-refractivity contribution in [2.45, 2.75) is 129 Å². The molecule has 1 saturated heterocycles. The van der Waals surface area contributed by atoms with E-state index in [0.29, 0.717) is 49.8 Å². The number of rotatable bonds is 11. The molecule has 0 spiro atoms. The fourth-order valence-corrected chi connectivity index (χ4v) is 9.97. The number of hydrogen-bond acceptors (Lipinski definition) is 9. The molecule has 3 fully saturated rings. The van der Waals surface area contributed by atoms with E-state index in [1.54, 1.807) is 31.3 Å². The number of Topliss-reactive ketones (excluding diaryl/α,β-unsaturated/α-hetero) is 2. The van der Waals surface area contributed by atoms with E-state index in [2.05, 4.69) is 9.71 Å². The molecule has 2 amide bonds. The molecule has 4 aliphatic rings. The second-order valence-electron chi connectivity index (χ2n) is 18.1. The number of sulfonamides is 1. The Hall–Kier alpha value is -4.01. The molecule has 58 heavy (non-hydrogen) atoms. The number of halogens is 3. The van der Waals surface area contributed by atoms with E-state index >= 15 is 0 Å². The SMILES string of the molecule is CCOc1ccc2c(O[C@@H]3C[C@H]4C(=O)C[C@]5(C(=O)NS(=O)(=O)C6(C)CC6)C[C@H]5/C=C\CC[C@@H](C)C[C@@H](C)[C@H](CC(=O)CC(C)(C)C(F)(F)F)C(=O)N4C3)nccc2c1. The van der Waals surface area contributed by atoms with Gasteiger partial charge in [-0.25, -0.2) is 13.4 Å². The van der Waals surface area contributed by atoms with Gasteiger partial charge < -0.3 is 14.4 Å². The van der Waals surface area contributed by atoms with Crippen LogP contribution in [0.2, 0.25) is 0 Å². The Balaban J connectivity index is 1.35. The lowest BCUT2D eigenvalue weighted by Gasteiger charge is -2.33. The minimum atomic E-state index is -4.64. The Kier molecular flexibility index (Phi) is 12.2. The second kappa shape index (κ2) is 16.2. The van der Waals surface area contributed by atoms with E-state index < -0.39 is 97.9 Å². The summed E-state index contributed by atoms with van der Waals surface area (Å²) in [6.45, 7) is 9.60. The number of hydrogen-bond donors (Lipinski definition) is 1. The van der Waals surface area contributed by atoms with Crippen LogP contribution in [0.4, 0.5) is 13.2 Å². The van der Waals surface area contributed by atoms with Crippen LogP contribution in [-0.4, -0.2) is 77.9 Å². The number of pyridine rings is 1. The van der Waals surface area contributed by atoms with Crippen molar-refractivity contribution < 1.29 is 50.2 Å². The molecule has 318 valence electrons. The molecule has 2 aromatic rings. The summed E-state index contributed by atoms with van der Waals surface area (Å²) < 4.78 is 81.5. The summed E-state index contributed by atoms with van der Waals surface area (Å²) >= 11 is 0. The molecular formula is C43H56F3N3O8S. The van der Waals surface area contributed by atoms with Gasteiger partial charge >= 0.3 is 6.18 Å². The quantitative estimate of drug-likeness (QED) is 0.227. The van der Waals surface area contributed by atoms with Gasteiger partial charge in [-0.15, -0.1) is 0 Å². The zero-order valence-corrected chi connectivity index (χ0v) is 35.0. The van der Waals surface area contributed by atoms with Crippen LogP contribution in [-0.2, 0) is 29.2 Å². The third-order valence-corrected chi connectivity index (χ3v) is 15.1. The molecule has 1 N–H and O–H groups in total. The molecular weight excluding hydrogens is 776 g/mol. The van der Waals surface area contributed by atoms with Gasteiger partial charge in [-0.2, -0.15) is 13.2 Å². The zero-order valence-electron chi connectivity index (χ0n) is 34.2. The first kappa shape index (κ1) is 43.6. The number of nitrogens with one attached hydrogen (secondary N) is 1. The van der Waals surface area contributed by atoms with E-state index in [4.69, 9.17) is 9.47 Å². The lowest BCUT2D eigenvalue weighted by atomic mass is 9.78. The van der Waals surface area contributed by atoms with E-state index in [1.165, 1.54) is 4.90 Å². The summed E-state index contributed by atoms with van der Waals surface area (Å²) in [4.78, 5) is 62.8. The average Bonchev–Trinajstić information content (AvgIpc) is 4.01. The molecule has 7 atom stereocenters. The Morgan fingerprint density at radius 3 is 2.48 bits per heavy atom. The molecule has 0 radical (unpaired) electrons. The van der Waals surface area contributed by atoms with E-state index in [1.807, 2.05) is 39.0 Å². The number of benzene rings is 1. The topological polar surface area (TPSA) is 149 Å². The monoisotopic (exact) mass is 831 g/mol. The fourth-order valence-electron chi connectivity index (χ4n) is 8.63. The Morgan fingerprint density at radius 1 is 1.09 bits per heavy atom. The summed E-state index contributed by atoms with van der Waals surface area (Å²) in [5, 5.41) is 1.45. The number of alkyl halides is 3. The average molecular weight is 832 g/mol. The largest absolute Gasteiger partial charge is 0.494 e. The number of ether oxygens (including phenoxy) is 2. The van der Waals surface area contributed by atoms with Gasteiger partial charge in [0.25, 0.3) is 0 Å². The second-order valence-corrected chi connectivity index (χ2v) is 20.3. The van der Waals surface area contributed by atoms with Crippen molar-refractivity contribution in [3.63, 3.8) is 0 Å². The lowest BCUT2D eigenvalue weighted by molar-refractivity contribution is -0.213. The first-order valence-corrected chi connectivity index (χ1v) is 21.9. The minimum Gasteiger partial charge on any atom is -0.494 e. The van der Waals surface area contributed by atoms with Gasteiger partial charge in [0.15, 0.2) is 5.78 Å². The van der Waals surface area contributed by atoms with Gasteiger partial charge in [-0.3, -0.25) is 23.9 Å². The van der Waals surface area contributed by atoms with E-state index in [-0.39, 0.29) is 37.6 Å². The van der Waals surface area contributed by atoms with Gasteiger partial charge in [-0.1, -0.05) is 39.8 Å². The van der Waals surface area contributed by atoms with Crippen LogP contribution in [0.25, 0.3) is 10.8 Å². The van der Waals surface area contributed by atoms with E-state index in [9.17, 15) is 40.8 Å². The van der Waals surface area contributed by atoms with Crippen molar-refractivity contribution in [3.05, 3.63) is 42.6 Å². The van der Waals surface area contributed by atoms with Crippen molar-refractivity contribution in [2.24, 2.45) is 34.5 Å². The molecule has 1 aromatic heterocycles. The van der Waals surface area contributed by atoms with Gasteiger partial charge in [0.05, 0.1) is 34.8 Å². The number of allylic oxidation sites excluding steroid dienone is 2. The van der Waals surface area contributed by atoms with E-state index in [0.717, 1.165) is 19.2 Å². The first-order chi connectivity index (χ1) is 27.1. The zero-order chi connectivity index (χ0) is 42.4. The number of carbonyl (C=O) groups is 4. The molecule has 15 heteroatoms. The Bertz CT molecular complexity index is 2070. The molecule has 6 rings (SSSR count). The highest BCUT2D eigenvalue weighted by atomic mass is 32.2. The highest BCUT2D eigenvalue weighted by Crippen LogP contribution is 2.58. The van der Waals surface area contributed by atoms with Crippen LogP contribution in [0.1, 0.15) is 106 Å². The summed E-state index contributed by atoms with van der Waals surface area (Å²) in [6.07, 6.45) is 1.31. The third kappa shape index (κ3) is 9.08. The molecule has 0 unspecified atom stereocenters. The number of amides is 2. The maximum Gasteiger partial charge on any atom is 0.394 e. The predicted octanol–water partition coefficient (Wildman–Crippen LogP) is 7.51. The summed E-state index contributed by atoms with van der Waals surface area (Å²) in [5.41, 5.74) is -3.66. The number of fused-ring (bicyclic) bond motifs is 3. The van der Waals surface area contributed by atoms with Crippen molar-refractivity contribution >= 4 is 44.2 Å². The number of carbonyl (C=O) groups excluding carboxylic acids is 4. The molecule has 2 aliphatic heterocycles. The van der Waals surface area contributed by atoms with Gasteiger partial charge in [0.2, 0.25) is 27.7 Å². The molecule has 0 bridgehead atoms. The summed E-state index contributed by atoms with van der Waals surface area (Å²) in [6, 6.07) is 6.11. The van der Waals surface area contributed by atoms with Crippen molar-refractivity contribution in [2.75, 3.05) is 13.2 Å². The minimum absolute atomic E-state index is 0.0147. The Morgan fingerprint density at radius 2 is 1.81 bits per heavy atom. The van der Waals surface area contributed by atoms with Crippen molar-refractivity contribution in [1.82, 2.24) is 14.6 Å². The van der Waals surface area contributed by atoms with Gasteiger partial charge in [0, 0.05) is 43.2 Å². The van der Waals surface area contributed by atoms with Crippen LogP contribution in [0.3, 0.4) is 0 Å². The molecule has 2 aliphatic carbocycles. The van der Waals surface area contributed by atoms with Gasteiger partial charge in [0.1, 0.15) is 17.6 Å². The van der Waals surface area contributed by atoms with Gasteiger partial charge in [-0.05, 0) is 99.8 Å². The maximum atomic E-state index is 14.9. The molecule has 2 saturated carbocycles. The highest BCUT2D eigenvalue weighted by molar-refractivity contribution is 7.91. The smallest absolute Gasteiger partial charge is 0.394 e. The standard InChI is InChI=1S/C43H56F3N3O8S/c1-7-56-31-12-13-33-28(19-31)14-17-47-37(33)57-32-21-35-36(51)24-42(39(53)48-58(54,55)41(6)15-16-41)22-29(42)11-9-8-10-26(2)18-27(3)34(38(52)49(35)25-32)20-30(50)23-40(4,5)43(44,45)46/h9,11-14,17,19,26-27,29,32,34-35H,7-8,10,15-16,18,20-25H2,1-6H3,(H,48,53)/b11-9-/t26-,27-,29-,32-,34+,35+,42-/m1/s1. The highest BCUT2D eigenvalue weighted by Gasteiger charge is 2.63. The maximum absolute atomic E-state index is 14.9. The van der Waals surface area contributed by atoms with Crippen LogP contribution >= 0.6 is 0 Å². The summed E-state index contributed by atoms with van der Waals surface area (Å²) in [5.74, 6) is -3.34. The normalized spacial score (nSPS) is 29.7. The molecule has 1 aromatic carbocycles. The van der Waals surface area contributed by atoms with Crippen LogP contribution in [0.5, 0.6) is 11.6 Å². The molecule has 3 heterocycles. The summed E-state index contributed by atoms with van der Waals surface area (Å²) in [7, 11) is -4.02. The number of ketones is 2. The fraction of sp³-hybridized carbons (Fsp3) is 0.651. The van der Waals surface area contributed by atoms with Crippen LogP contribution < -0.4 is 14.2 Å². The van der Waals surface area contributed by atoms with Crippen LogP contribution in [0, 0.1) is 34.5 Å². The molecule has 11 nitrogen and oxygen atoms in total. The lowest BCUT2D eigenvalue weighted by Crippen LogP contribution is -2.48. The van der Waals surface area contributed by atoms with Crippen LogP contribution in [0.15, 0.2) is 42.6 Å². The Labute approximate surface area is 338 Å². The first-order valence-electron chi connectivity index (χ1n) is 20.4.